The van der Waals surface area contributed by atoms with Crippen LogP contribution in [0.5, 0.6) is 0 Å². The quantitative estimate of drug-likeness (QED) is 0.743. The van der Waals surface area contributed by atoms with E-state index in [9.17, 15) is 4.79 Å². The number of nitrogens with one attached hydrogen (secondary N) is 1. The van der Waals surface area contributed by atoms with E-state index in [1.165, 1.54) is 20.0 Å². The Balaban J connectivity index is 1.94. The van der Waals surface area contributed by atoms with Gasteiger partial charge in [0.2, 0.25) is 0 Å². The lowest BCUT2D eigenvalue weighted by atomic mass is 10.1. The Bertz CT molecular complexity index is 357. The number of carbonyl (C=O) groups is 1. The molecule has 0 bridgehead atoms. The molecule has 16 heavy (non-hydrogen) atoms. The van der Waals surface area contributed by atoms with E-state index in [4.69, 9.17) is 0 Å². The zero-order valence-electron chi connectivity index (χ0n) is 9.35. The molecule has 2 rings (SSSR count). The zero-order chi connectivity index (χ0) is 11.4. The van der Waals surface area contributed by atoms with Gasteiger partial charge in [0, 0.05) is 6.04 Å². The fourth-order valence-electron chi connectivity index (χ4n) is 1.89. The Hall–Kier alpha value is -1.43. The Morgan fingerprint density at radius 2 is 2.56 bits per heavy atom. The van der Waals surface area contributed by atoms with E-state index in [2.05, 4.69) is 20.4 Å². The number of rotatable bonds is 3. The first-order chi connectivity index (χ1) is 7.79. The minimum Gasteiger partial charge on any atom is -0.464 e. The molecular weight excluding hydrogens is 208 g/mol. The molecule has 0 aromatic carbocycles. The van der Waals surface area contributed by atoms with Crippen molar-refractivity contribution in [3.05, 3.63) is 11.9 Å². The van der Waals surface area contributed by atoms with Gasteiger partial charge in [-0.2, -0.15) is 0 Å². The highest BCUT2D eigenvalue weighted by Gasteiger charge is 2.15. The molecule has 0 aliphatic carbocycles. The van der Waals surface area contributed by atoms with Crippen molar-refractivity contribution >= 4 is 5.97 Å². The molecule has 2 heterocycles. The molecule has 0 spiro atoms. The molecule has 1 aliphatic heterocycles. The lowest BCUT2D eigenvalue weighted by Gasteiger charge is -2.22. The van der Waals surface area contributed by atoms with Crippen molar-refractivity contribution < 1.29 is 9.53 Å². The van der Waals surface area contributed by atoms with Crippen LogP contribution in [0.2, 0.25) is 0 Å². The SMILES string of the molecule is COC(=O)c1cn(C[C@H]2CCCCN2)nn1. The van der Waals surface area contributed by atoms with Gasteiger partial charge in [0.15, 0.2) is 5.69 Å². The van der Waals surface area contributed by atoms with E-state index < -0.39 is 5.97 Å². The van der Waals surface area contributed by atoms with Gasteiger partial charge in [0.25, 0.3) is 0 Å². The molecule has 88 valence electrons. The molecule has 0 amide bonds. The Morgan fingerprint density at radius 1 is 1.69 bits per heavy atom. The first-order valence-corrected chi connectivity index (χ1v) is 5.51. The van der Waals surface area contributed by atoms with Gasteiger partial charge < -0.3 is 10.1 Å². The third kappa shape index (κ3) is 2.57. The maximum atomic E-state index is 11.2. The molecule has 0 radical (unpaired) electrons. The van der Waals surface area contributed by atoms with Crippen LogP contribution in [0.1, 0.15) is 29.8 Å². The molecule has 1 aliphatic rings. The van der Waals surface area contributed by atoms with E-state index >= 15 is 0 Å². The van der Waals surface area contributed by atoms with Crippen LogP contribution in [0.3, 0.4) is 0 Å². The fraction of sp³-hybridized carbons (Fsp3) is 0.700. The van der Waals surface area contributed by atoms with E-state index in [1.54, 1.807) is 10.9 Å². The Morgan fingerprint density at radius 3 is 3.25 bits per heavy atom. The summed E-state index contributed by atoms with van der Waals surface area (Å²) in [5, 5.41) is 11.1. The molecule has 1 aromatic heterocycles. The van der Waals surface area contributed by atoms with Gasteiger partial charge >= 0.3 is 5.97 Å². The summed E-state index contributed by atoms with van der Waals surface area (Å²) in [6.07, 6.45) is 5.26. The van der Waals surface area contributed by atoms with Crippen molar-refractivity contribution in [2.75, 3.05) is 13.7 Å². The summed E-state index contributed by atoms with van der Waals surface area (Å²) >= 11 is 0. The molecule has 1 aromatic rings. The second kappa shape index (κ2) is 5.07. The monoisotopic (exact) mass is 224 g/mol. The maximum absolute atomic E-state index is 11.2. The minimum atomic E-state index is -0.442. The third-order valence-electron chi connectivity index (χ3n) is 2.75. The number of hydrogen-bond donors (Lipinski definition) is 1. The first-order valence-electron chi connectivity index (χ1n) is 5.51. The van der Waals surface area contributed by atoms with Crippen LogP contribution in [-0.2, 0) is 11.3 Å². The molecule has 1 fully saturated rings. The molecule has 6 heteroatoms. The highest BCUT2D eigenvalue weighted by Crippen LogP contribution is 2.08. The van der Waals surface area contributed by atoms with Gasteiger partial charge in [0.05, 0.1) is 19.9 Å². The second-order valence-corrected chi connectivity index (χ2v) is 3.96. The summed E-state index contributed by atoms with van der Waals surface area (Å²) in [5.41, 5.74) is 0.262. The summed E-state index contributed by atoms with van der Waals surface area (Å²) in [6.45, 7) is 1.81. The lowest BCUT2D eigenvalue weighted by molar-refractivity contribution is 0.0594. The molecule has 6 nitrogen and oxygen atoms in total. The zero-order valence-corrected chi connectivity index (χ0v) is 9.35. The largest absolute Gasteiger partial charge is 0.464 e. The number of methoxy groups -OCH3 is 1. The molecule has 1 N–H and O–H groups in total. The van der Waals surface area contributed by atoms with Gasteiger partial charge in [-0.15, -0.1) is 5.10 Å². The van der Waals surface area contributed by atoms with Crippen molar-refractivity contribution in [1.82, 2.24) is 20.3 Å². The average Bonchev–Trinajstić information content (AvgIpc) is 2.78. The third-order valence-corrected chi connectivity index (χ3v) is 2.75. The summed E-state index contributed by atoms with van der Waals surface area (Å²) in [7, 11) is 1.34. The molecular formula is C10H16N4O2. The lowest BCUT2D eigenvalue weighted by Crippen LogP contribution is -2.37. The molecule has 0 saturated carbocycles. The smallest absolute Gasteiger partial charge is 0.360 e. The van der Waals surface area contributed by atoms with Crippen LogP contribution in [0.15, 0.2) is 6.20 Å². The Kier molecular flexibility index (Phi) is 3.51. The van der Waals surface area contributed by atoms with Crippen LogP contribution in [0.4, 0.5) is 0 Å². The van der Waals surface area contributed by atoms with Crippen molar-refractivity contribution in [3.8, 4) is 0 Å². The number of ether oxygens (including phenoxy) is 1. The summed E-state index contributed by atoms with van der Waals surface area (Å²) < 4.78 is 6.26. The van der Waals surface area contributed by atoms with Gasteiger partial charge in [-0.25, -0.2) is 4.79 Å². The number of esters is 1. The summed E-state index contributed by atoms with van der Waals surface area (Å²) in [5.74, 6) is -0.442. The first kappa shape index (κ1) is 11.1. The van der Waals surface area contributed by atoms with Gasteiger partial charge in [0.1, 0.15) is 0 Å². The maximum Gasteiger partial charge on any atom is 0.360 e. The Labute approximate surface area is 94.0 Å². The van der Waals surface area contributed by atoms with Crippen LogP contribution in [0, 0.1) is 0 Å². The molecule has 0 unspecified atom stereocenters. The number of carbonyl (C=O) groups excluding carboxylic acids is 1. The van der Waals surface area contributed by atoms with Crippen molar-refractivity contribution in [1.29, 1.82) is 0 Å². The highest BCUT2D eigenvalue weighted by atomic mass is 16.5. The molecule has 1 atom stereocenters. The van der Waals surface area contributed by atoms with Crippen LogP contribution in [0.25, 0.3) is 0 Å². The van der Waals surface area contributed by atoms with Crippen molar-refractivity contribution in [2.45, 2.75) is 31.8 Å². The molecule has 1 saturated heterocycles. The average molecular weight is 224 g/mol. The normalized spacial score (nSPS) is 20.7. The number of nitrogens with zero attached hydrogens (tertiary/aromatic N) is 3. The van der Waals surface area contributed by atoms with Gasteiger partial charge in [-0.05, 0) is 19.4 Å². The second-order valence-electron chi connectivity index (χ2n) is 3.96. The predicted octanol–water partition coefficient (Wildman–Crippen LogP) is 0.207. The number of aromatic nitrogens is 3. The van der Waals surface area contributed by atoms with E-state index in [1.807, 2.05) is 0 Å². The minimum absolute atomic E-state index is 0.262. The summed E-state index contributed by atoms with van der Waals surface area (Å²) in [4.78, 5) is 11.2. The fourth-order valence-corrected chi connectivity index (χ4v) is 1.89. The van der Waals surface area contributed by atoms with Crippen LogP contribution >= 0.6 is 0 Å². The van der Waals surface area contributed by atoms with Gasteiger partial charge in [-0.1, -0.05) is 11.6 Å². The number of hydrogen-bond acceptors (Lipinski definition) is 5. The standard InChI is InChI=1S/C10H16N4O2/c1-16-10(15)9-7-14(13-12-9)6-8-4-2-3-5-11-8/h7-8,11H,2-6H2,1H3/t8-/m1/s1. The predicted molar refractivity (Wildman–Crippen MR) is 57.0 cm³/mol. The van der Waals surface area contributed by atoms with Crippen LogP contribution in [-0.4, -0.2) is 40.7 Å². The number of piperidine rings is 1. The summed E-state index contributed by atoms with van der Waals surface area (Å²) in [6, 6.07) is 0.431. The topological polar surface area (TPSA) is 69.0 Å². The van der Waals surface area contributed by atoms with Crippen molar-refractivity contribution in [3.63, 3.8) is 0 Å². The van der Waals surface area contributed by atoms with E-state index in [-0.39, 0.29) is 5.69 Å². The van der Waals surface area contributed by atoms with E-state index in [0.717, 1.165) is 19.5 Å². The van der Waals surface area contributed by atoms with Crippen molar-refractivity contribution in [2.24, 2.45) is 0 Å². The highest BCUT2D eigenvalue weighted by molar-refractivity contribution is 5.86. The van der Waals surface area contributed by atoms with Crippen LogP contribution < -0.4 is 5.32 Å². The van der Waals surface area contributed by atoms with E-state index in [0.29, 0.717) is 6.04 Å². The van der Waals surface area contributed by atoms with Gasteiger partial charge in [-0.3, -0.25) is 4.68 Å².